The first-order valence-electron chi connectivity index (χ1n) is 3.08. The van der Waals surface area contributed by atoms with Gasteiger partial charge in [0.25, 0.3) is 0 Å². The van der Waals surface area contributed by atoms with Crippen LogP contribution in [0, 0.1) is 0 Å². The van der Waals surface area contributed by atoms with E-state index in [4.69, 9.17) is 10.5 Å². The molecule has 1 aliphatic carbocycles. The summed E-state index contributed by atoms with van der Waals surface area (Å²) in [6.45, 7) is 0.722. The van der Waals surface area contributed by atoms with Gasteiger partial charge in [-0.15, -0.1) is 0 Å². The van der Waals surface area contributed by atoms with E-state index in [1.54, 1.807) is 7.11 Å². The lowest BCUT2D eigenvalue weighted by molar-refractivity contribution is 0.0883. The highest BCUT2D eigenvalue weighted by molar-refractivity contribution is 5.51. The highest BCUT2D eigenvalue weighted by Crippen LogP contribution is 2.38. The molecule has 0 heterocycles. The van der Waals surface area contributed by atoms with Gasteiger partial charge < -0.3 is 10.5 Å². The van der Waals surface area contributed by atoms with Gasteiger partial charge in [0.05, 0.1) is 18.5 Å². The molecule has 1 fully saturated rings. The number of ether oxygens (including phenoxy) is 1. The number of rotatable bonds is 3. The van der Waals surface area contributed by atoms with Crippen LogP contribution in [0.15, 0.2) is 4.99 Å². The molecule has 0 radical (unpaired) electrons. The molecule has 2 N–H and O–H groups in total. The maximum atomic E-state index is 5.18. The van der Waals surface area contributed by atoms with Crippen molar-refractivity contribution in [2.75, 3.05) is 13.7 Å². The molecule has 0 spiro atoms. The van der Waals surface area contributed by atoms with E-state index < -0.39 is 0 Å². The van der Waals surface area contributed by atoms with Crippen molar-refractivity contribution in [2.45, 2.75) is 18.4 Å². The Morgan fingerprint density at radius 2 is 2.44 bits per heavy atom. The molecular formula is C6H12N2O. The van der Waals surface area contributed by atoms with E-state index >= 15 is 0 Å². The number of aliphatic imine (C=N–C) groups is 1. The number of nitrogens with two attached hydrogens (primary N) is 1. The van der Waals surface area contributed by atoms with Crippen molar-refractivity contribution in [2.24, 2.45) is 10.7 Å². The Morgan fingerprint density at radius 1 is 1.78 bits per heavy atom. The van der Waals surface area contributed by atoms with Crippen LogP contribution in [0.1, 0.15) is 12.8 Å². The molecule has 1 rings (SSSR count). The third-order valence-corrected chi connectivity index (χ3v) is 1.73. The highest BCUT2D eigenvalue weighted by Gasteiger charge is 2.42. The Bertz CT molecular complexity index is 118. The lowest BCUT2D eigenvalue weighted by atomic mass is 10.3. The summed E-state index contributed by atoms with van der Waals surface area (Å²) in [5.74, 6) is 0. The fourth-order valence-corrected chi connectivity index (χ4v) is 0.785. The monoisotopic (exact) mass is 128 g/mol. The van der Waals surface area contributed by atoms with Gasteiger partial charge in [0.15, 0.2) is 0 Å². The molecule has 0 bridgehead atoms. The molecule has 0 aromatic carbocycles. The molecule has 3 heteroatoms. The lowest BCUT2D eigenvalue weighted by Gasteiger charge is -2.07. The lowest BCUT2D eigenvalue weighted by Crippen LogP contribution is -2.15. The largest absolute Gasteiger partial charge is 0.390 e. The van der Waals surface area contributed by atoms with Crippen molar-refractivity contribution in [3.63, 3.8) is 0 Å². The van der Waals surface area contributed by atoms with Crippen molar-refractivity contribution in [3.05, 3.63) is 0 Å². The Balaban J connectivity index is 2.25. The van der Waals surface area contributed by atoms with Gasteiger partial charge in [-0.3, -0.25) is 4.99 Å². The molecule has 0 aromatic rings. The maximum Gasteiger partial charge on any atom is 0.0875 e. The van der Waals surface area contributed by atoms with Crippen molar-refractivity contribution >= 4 is 6.34 Å². The summed E-state index contributed by atoms with van der Waals surface area (Å²) in [4.78, 5) is 3.90. The number of nitrogens with zero attached hydrogens (tertiary/aromatic N) is 1. The van der Waals surface area contributed by atoms with Gasteiger partial charge in [-0.1, -0.05) is 0 Å². The van der Waals surface area contributed by atoms with Gasteiger partial charge >= 0.3 is 0 Å². The second-order valence-corrected chi connectivity index (χ2v) is 2.38. The summed E-state index contributed by atoms with van der Waals surface area (Å²) in [6, 6.07) is 0. The number of hydrogen-bond donors (Lipinski definition) is 1. The molecule has 0 unspecified atom stereocenters. The molecule has 1 aliphatic rings. The zero-order valence-corrected chi connectivity index (χ0v) is 5.63. The zero-order valence-electron chi connectivity index (χ0n) is 5.63. The molecule has 3 nitrogen and oxygen atoms in total. The summed E-state index contributed by atoms with van der Waals surface area (Å²) >= 11 is 0. The molecule has 1 saturated carbocycles. The third kappa shape index (κ3) is 1.42. The minimum Gasteiger partial charge on any atom is -0.390 e. The molecule has 0 atom stereocenters. The summed E-state index contributed by atoms with van der Waals surface area (Å²) < 4.78 is 5.18. The third-order valence-electron chi connectivity index (χ3n) is 1.73. The fourth-order valence-electron chi connectivity index (χ4n) is 0.785. The first kappa shape index (κ1) is 6.55. The minimum atomic E-state index is 0.0653. The van der Waals surface area contributed by atoms with Crippen LogP contribution in [0.25, 0.3) is 0 Å². The van der Waals surface area contributed by atoms with Crippen LogP contribution in [0.5, 0.6) is 0 Å². The first-order valence-corrected chi connectivity index (χ1v) is 3.08. The van der Waals surface area contributed by atoms with Crippen LogP contribution in [0.4, 0.5) is 0 Å². The highest BCUT2D eigenvalue weighted by atomic mass is 16.5. The van der Waals surface area contributed by atoms with Gasteiger partial charge in [0, 0.05) is 7.11 Å². The van der Waals surface area contributed by atoms with E-state index in [9.17, 15) is 0 Å². The summed E-state index contributed by atoms with van der Waals surface area (Å²) in [5.41, 5.74) is 5.14. The number of hydrogen-bond acceptors (Lipinski definition) is 2. The Labute approximate surface area is 54.9 Å². The van der Waals surface area contributed by atoms with Crippen LogP contribution in [-0.4, -0.2) is 25.6 Å². The van der Waals surface area contributed by atoms with Gasteiger partial charge in [-0.25, -0.2) is 0 Å². The first-order chi connectivity index (χ1) is 4.33. The van der Waals surface area contributed by atoms with Crippen LogP contribution in [-0.2, 0) is 4.74 Å². The van der Waals surface area contributed by atoms with Crippen molar-refractivity contribution in [1.29, 1.82) is 0 Å². The van der Waals surface area contributed by atoms with E-state index in [1.165, 1.54) is 6.34 Å². The summed E-state index contributed by atoms with van der Waals surface area (Å²) in [6.07, 6.45) is 3.58. The molecule has 0 aliphatic heterocycles. The van der Waals surface area contributed by atoms with Crippen LogP contribution in [0.2, 0.25) is 0 Å². The SMILES string of the molecule is COC1(CN=CN)CC1. The molecule has 0 amide bonds. The zero-order chi connectivity index (χ0) is 6.74. The quantitative estimate of drug-likeness (QED) is 0.434. The van der Waals surface area contributed by atoms with E-state index in [0.29, 0.717) is 0 Å². The smallest absolute Gasteiger partial charge is 0.0875 e. The average molecular weight is 128 g/mol. The van der Waals surface area contributed by atoms with Crippen molar-refractivity contribution in [3.8, 4) is 0 Å². The van der Waals surface area contributed by atoms with Crippen LogP contribution in [0.3, 0.4) is 0 Å². The van der Waals surface area contributed by atoms with Crippen molar-refractivity contribution in [1.82, 2.24) is 0 Å². The second kappa shape index (κ2) is 2.35. The predicted octanol–water partition coefficient (Wildman–Crippen LogP) is 0.152. The molecule has 0 saturated heterocycles. The van der Waals surface area contributed by atoms with Gasteiger partial charge in [0.2, 0.25) is 0 Å². The fraction of sp³-hybridized carbons (Fsp3) is 0.833. The van der Waals surface area contributed by atoms with E-state index in [2.05, 4.69) is 4.99 Å². The van der Waals surface area contributed by atoms with E-state index in [-0.39, 0.29) is 5.60 Å². The van der Waals surface area contributed by atoms with Gasteiger partial charge in [0.1, 0.15) is 0 Å². The predicted molar refractivity (Wildman–Crippen MR) is 36.5 cm³/mol. The topological polar surface area (TPSA) is 47.6 Å². The standard InChI is InChI=1S/C6H12N2O/c1-9-6(2-3-6)4-8-5-7/h5H,2-4H2,1H3,(H2,7,8). The van der Waals surface area contributed by atoms with E-state index in [0.717, 1.165) is 19.4 Å². The molecule has 0 aromatic heterocycles. The Kier molecular flexibility index (Phi) is 1.71. The Morgan fingerprint density at radius 3 is 2.78 bits per heavy atom. The van der Waals surface area contributed by atoms with Crippen LogP contribution >= 0.6 is 0 Å². The van der Waals surface area contributed by atoms with Gasteiger partial charge in [-0.2, -0.15) is 0 Å². The molecular weight excluding hydrogens is 116 g/mol. The average Bonchev–Trinajstić information content (AvgIpc) is 2.65. The van der Waals surface area contributed by atoms with Crippen LogP contribution < -0.4 is 5.73 Å². The maximum absolute atomic E-state index is 5.18. The Hall–Kier alpha value is -0.570. The number of methoxy groups -OCH3 is 1. The molecule has 9 heavy (non-hydrogen) atoms. The molecule has 52 valence electrons. The van der Waals surface area contributed by atoms with Crippen molar-refractivity contribution < 1.29 is 4.74 Å². The second-order valence-electron chi connectivity index (χ2n) is 2.38. The normalized spacial score (nSPS) is 22.8. The van der Waals surface area contributed by atoms with E-state index in [1.807, 2.05) is 0 Å². The summed E-state index contributed by atoms with van der Waals surface area (Å²) in [5, 5.41) is 0. The minimum absolute atomic E-state index is 0.0653. The van der Waals surface area contributed by atoms with Gasteiger partial charge in [-0.05, 0) is 12.8 Å². The summed E-state index contributed by atoms with van der Waals surface area (Å²) in [7, 11) is 1.72.